The summed E-state index contributed by atoms with van der Waals surface area (Å²) in [6.07, 6.45) is 1.93. The predicted octanol–water partition coefficient (Wildman–Crippen LogP) is 1.94. The van der Waals surface area contributed by atoms with E-state index in [-0.39, 0.29) is 4.90 Å². The van der Waals surface area contributed by atoms with Crippen molar-refractivity contribution >= 4 is 27.3 Å². The lowest BCUT2D eigenvalue weighted by Gasteiger charge is -2.10. The maximum absolute atomic E-state index is 11.3. The molecule has 1 aromatic carbocycles. The summed E-state index contributed by atoms with van der Waals surface area (Å²) in [4.78, 5) is 0.0336. The van der Waals surface area contributed by atoms with E-state index in [0.29, 0.717) is 17.3 Å². The van der Waals surface area contributed by atoms with Crippen LogP contribution >= 0.6 is 11.6 Å². The number of nitrogens with one attached hydrogen (secondary N) is 1. The summed E-state index contributed by atoms with van der Waals surface area (Å²) in [7, 11) is -1.80. The van der Waals surface area contributed by atoms with Gasteiger partial charge < -0.3 is 9.88 Å². The van der Waals surface area contributed by atoms with Crippen molar-refractivity contribution in [2.45, 2.75) is 11.4 Å². The summed E-state index contributed by atoms with van der Waals surface area (Å²) in [6.45, 7) is 0.539. The molecule has 0 atom stereocenters. The SMILES string of the molecule is Cn1cccc1CNc1cc(S(N)(=O)=O)ccc1Cl. The van der Waals surface area contributed by atoms with Crippen molar-refractivity contribution in [1.29, 1.82) is 0 Å². The molecule has 2 aromatic rings. The van der Waals surface area contributed by atoms with Gasteiger partial charge in [0.05, 0.1) is 22.2 Å². The molecule has 0 aliphatic heterocycles. The third-order valence-corrected chi connectivity index (χ3v) is 4.02. The Morgan fingerprint density at radius 2 is 2.11 bits per heavy atom. The number of benzene rings is 1. The van der Waals surface area contributed by atoms with E-state index < -0.39 is 10.0 Å². The lowest BCUT2D eigenvalue weighted by atomic mass is 10.3. The van der Waals surface area contributed by atoms with Gasteiger partial charge in [-0.2, -0.15) is 0 Å². The second-order valence-corrected chi connectivity index (χ2v) is 6.12. The molecule has 3 N–H and O–H groups in total. The van der Waals surface area contributed by atoms with Gasteiger partial charge >= 0.3 is 0 Å². The molecule has 0 saturated heterocycles. The average molecular weight is 300 g/mol. The minimum atomic E-state index is -3.73. The van der Waals surface area contributed by atoms with Gasteiger partial charge in [-0.25, -0.2) is 13.6 Å². The number of sulfonamides is 1. The van der Waals surface area contributed by atoms with Crippen LogP contribution in [0.3, 0.4) is 0 Å². The summed E-state index contributed by atoms with van der Waals surface area (Å²) in [5, 5.41) is 8.63. The fourth-order valence-electron chi connectivity index (χ4n) is 1.68. The lowest BCUT2D eigenvalue weighted by Crippen LogP contribution is -2.12. The standard InChI is InChI=1S/C12H14ClN3O2S/c1-16-6-2-3-9(16)8-15-12-7-10(19(14,17)18)4-5-11(12)13/h2-7,15H,8H2,1H3,(H2,14,17,18). The van der Waals surface area contributed by atoms with Crippen LogP contribution in [0, 0.1) is 0 Å². The highest BCUT2D eigenvalue weighted by Gasteiger charge is 2.10. The highest BCUT2D eigenvalue weighted by Crippen LogP contribution is 2.25. The molecule has 0 aliphatic carbocycles. The number of halogens is 1. The second kappa shape index (κ2) is 5.24. The van der Waals surface area contributed by atoms with Crippen LogP contribution in [0.4, 0.5) is 5.69 Å². The van der Waals surface area contributed by atoms with Crippen LogP contribution < -0.4 is 10.5 Å². The second-order valence-electron chi connectivity index (χ2n) is 4.15. The first-order valence-corrected chi connectivity index (χ1v) is 7.47. The van der Waals surface area contributed by atoms with E-state index in [4.69, 9.17) is 16.7 Å². The highest BCUT2D eigenvalue weighted by atomic mass is 35.5. The van der Waals surface area contributed by atoms with Gasteiger partial charge in [0, 0.05) is 18.9 Å². The van der Waals surface area contributed by atoms with E-state index in [1.807, 2.05) is 29.9 Å². The molecule has 7 heteroatoms. The van der Waals surface area contributed by atoms with Gasteiger partial charge in [-0.05, 0) is 30.3 Å². The van der Waals surface area contributed by atoms with Crippen molar-refractivity contribution in [1.82, 2.24) is 4.57 Å². The van der Waals surface area contributed by atoms with Gasteiger partial charge in [-0.15, -0.1) is 0 Å². The Balaban J connectivity index is 2.23. The first-order valence-electron chi connectivity index (χ1n) is 5.54. The van der Waals surface area contributed by atoms with Crippen LogP contribution in [0.5, 0.6) is 0 Å². The molecule has 0 spiro atoms. The predicted molar refractivity (Wildman–Crippen MR) is 75.6 cm³/mol. The summed E-state index contributed by atoms with van der Waals surface area (Å²) < 4.78 is 24.5. The van der Waals surface area contributed by atoms with E-state index in [2.05, 4.69) is 5.32 Å². The van der Waals surface area contributed by atoms with E-state index in [0.717, 1.165) is 5.69 Å². The fraction of sp³-hybridized carbons (Fsp3) is 0.167. The normalized spacial score (nSPS) is 11.5. The number of primary sulfonamides is 1. The Kier molecular flexibility index (Phi) is 3.84. The summed E-state index contributed by atoms with van der Waals surface area (Å²) in [5.74, 6) is 0. The minimum absolute atomic E-state index is 0.0336. The zero-order chi connectivity index (χ0) is 14.0. The Morgan fingerprint density at radius 1 is 1.37 bits per heavy atom. The number of anilines is 1. The maximum Gasteiger partial charge on any atom is 0.238 e. The molecule has 0 unspecified atom stereocenters. The Hall–Kier alpha value is -1.50. The van der Waals surface area contributed by atoms with E-state index >= 15 is 0 Å². The molecule has 0 fully saturated rings. The van der Waals surface area contributed by atoms with Crippen LogP contribution in [-0.4, -0.2) is 13.0 Å². The number of aryl methyl sites for hydroxylation is 1. The maximum atomic E-state index is 11.3. The molecule has 0 saturated carbocycles. The molecular weight excluding hydrogens is 286 g/mol. The summed E-state index contributed by atoms with van der Waals surface area (Å²) in [5.41, 5.74) is 1.59. The van der Waals surface area contributed by atoms with Crippen molar-refractivity contribution in [3.05, 3.63) is 47.2 Å². The highest BCUT2D eigenvalue weighted by molar-refractivity contribution is 7.89. The van der Waals surface area contributed by atoms with Crippen LogP contribution in [0.25, 0.3) is 0 Å². The van der Waals surface area contributed by atoms with Crippen molar-refractivity contribution in [3.63, 3.8) is 0 Å². The fourth-order valence-corrected chi connectivity index (χ4v) is 2.41. The largest absolute Gasteiger partial charge is 0.378 e. The molecule has 1 heterocycles. The van der Waals surface area contributed by atoms with Gasteiger partial charge in [0.1, 0.15) is 0 Å². The Labute approximate surface area is 117 Å². The van der Waals surface area contributed by atoms with Crippen LogP contribution in [-0.2, 0) is 23.6 Å². The quantitative estimate of drug-likeness (QED) is 0.905. The molecule has 2 rings (SSSR count). The molecule has 0 radical (unpaired) electrons. The van der Waals surface area contributed by atoms with Gasteiger partial charge in [-0.3, -0.25) is 0 Å². The van der Waals surface area contributed by atoms with E-state index in [1.165, 1.54) is 18.2 Å². The molecule has 5 nitrogen and oxygen atoms in total. The summed E-state index contributed by atoms with van der Waals surface area (Å²) in [6, 6.07) is 8.21. The van der Waals surface area contributed by atoms with E-state index in [9.17, 15) is 8.42 Å². The smallest absolute Gasteiger partial charge is 0.238 e. The number of nitrogens with two attached hydrogens (primary N) is 1. The Bertz CT molecular complexity index is 695. The van der Waals surface area contributed by atoms with Crippen LogP contribution in [0.1, 0.15) is 5.69 Å². The average Bonchev–Trinajstić information content (AvgIpc) is 2.72. The van der Waals surface area contributed by atoms with Gasteiger partial charge in [0.25, 0.3) is 0 Å². The first-order chi connectivity index (χ1) is 8.88. The zero-order valence-corrected chi connectivity index (χ0v) is 11.9. The van der Waals surface area contributed by atoms with Gasteiger partial charge in [0.15, 0.2) is 0 Å². The monoisotopic (exact) mass is 299 g/mol. The van der Waals surface area contributed by atoms with Gasteiger partial charge in [-0.1, -0.05) is 11.6 Å². The number of hydrogen-bond donors (Lipinski definition) is 2. The van der Waals surface area contributed by atoms with Crippen molar-refractivity contribution in [3.8, 4) is 0 Å². The third kappa shape index (κ3) is 3.28. The molecule has 1 aromatic heterocycles. The lowest BCUT2D eigenvalue weighted by molar-refractivity contribution is 0.598. The number of aromatic nitrogens is 1. The minimum Gasteiger partial charge on any atom is -0.378 e. The van der Waals surface area contributed by atoms with Crippen LogP contribution in [0.2, 0.25) is 5.02 Å². The van der Waals surface area contributed by atoms with Crippen molar-refractivity contribution in [2.24, 2.45) is 12.2 Å². The number of nitrogens with zero attached hydrogens (tertiary/aromatic N) is 1. The Morgan fingerprint density at radius 3 is 2.68 bits per heavy atom. The van der Waals surface area contributed by atoms with E-state index in [1.54, 1.807) is 0 Å². The molecule has 0 aliphatic rings. The van der Waals surface area contributed by atoms with Crippen molar-refractivity contribution in [2.75, 3.05) is 5.32 Å². The molecule has 0 bridgehead atoms. The molecular formula is C12H14ClN3O2S. The zero-order valence-electron chi connectivity index (χ0n) is 10.3. The van der Waals surface area contributed by atoms with Crippen LogP contribution in [0.15, 0.2) is 41.4 Å². The number of rotatable bonds is 4. The topological polar surface area (TPSA) is 77.1 Å². The molecule has 102 valence electrons. The first kappa shape index (κ1) is 13.9. The van der Waals surface area contributed by atoms with Crippen molar-refractivity contribution < 1.29 is 8.42 Å². The van der Waals surface area contributed by atoms with Gasteiger partial charge in [0.2, 0.25) is 10.0 Å². The summed E-state index contributed by atoms with van der Waals surface area (Å²) >= 11 is 6.02. The molecule has 19 heavy (non-hydrogen) atoms. The number of hydrogen-bond acceptors (Lipinski definition) is 3. The third-order valence-electron chi connectivity index (χ3n) is 2.78. The molecule has 0 amide bonds.